The molecule has 1 saturated carbocycles. The molecule has 0 radical (unpaired) electrons. The first-order valence-electron chi connectivity index (χ1n) is 6.89. The number of carbonyl (C=O) groups excluding carboxylic acids is 2. The topological polar surface area (TPSA) is 70.6 Å². The van der Waals surface area contributed by atoms with Crippen LogP contribution in [-0.4, -0.2) is 24.1 Å². The molecule has 0 saturated heterocycles. The van der Waals surface area contributed by atoms with Gasteiger partial charge in [-0.25, -0.2) is 5.43 Å². The molecule has 0 aromatic rings. The van der Waals surface area contributed by atoms with E-state index in [4.69, 9.17) is 0 Å². The van der Waals surface area contributed by atoms with Crippen LogP contribution in [0.2, 0.25) is 0 Å². The largest absolute Gasteiger partial charge is 0.351 e. The molecule has 2 aliphatic rings. The fourth-order valence-corrected chi connectivity index (χ4v) is 2.63. The van der Waals surface area contributed by atoms with E-state index in [1.807, 2.05) is 0 Å². The molecule has 18 heavy (non-hydrogen) atoms. The molecule has 0 aromatic heterocycles. The molecule has 0 atom stereocenters. The summed E-state index contributed by atoms with van der Waals surface area (Å²) in [5.41, 5.74) is 2.78. The van der Waals surface area contributed by atoms with Gasteiger partial charge in [0.25, 0.3) is 5.91 Å². The first kappa shape index (κ1) is 13.1. The quantitative estimate of drug-likeness (QED) is 0.724. The molecule has 0 unspecified atom stereocenters. The van der Waals surface area contributed by atoms with Crippen molar-refractivity contribution >= 4 is 17.5 Å². The van der Waals surface area contributed by atoms with E-state index in [0.29, 0.717) is 25.1 Å². The zero-order chi connectivity index (χ0) is 12.8. The van der Waals surface area contributed by atoms with Crippen molar-refractivity contribution in [2.45, 2.75) is 51.4 Å². The van der Waals surface area contributed by atoms with Gasteiger partial charge in [0.15, 0.2) is 0 Å². The number of nitrogens with zero attached hydrogens (tertiary/aromatic N) is 1. The van der Waals surface area contributed by atoms with Gasteiger partial charge in [0.05, 0.1) is 0 Å². The van der Waals surface area contributed by atoms with Gasteiger partial charge >= 0.3 is 0 Å². The van der Waals surface area contributed by atoms with Crippen LogP contribution in [-0.2, 0) is 9.59 Å². The monoisotopic (exact) mass is 251 g/mol. The molecule has 5 nitrogen and oxygen atoms in total. The van der Waals surface area contributed by atoms with Crippen molar-refractivity contribution in [1.29, 1.82) is 0 Å². The summed E-state index contributed by atoms with van der Waals surface area (Å²) in [4.78, 5) is 22.6. The second-order valence-corrected chi connectivity index (χ2v) is 5.14. The lowest BCUT2D eigenvalue weighted by molar-refractivity contribution is -0.121. The maximum absolute atomic E-state index is 11.7. The standard InChI is InChI=1S/C13H21N3O2/c17-12-8-7-11(15-16-12)13(18)14-9-3-6-10-4-1-2-5-10/h10H,1-9H2,(H,14,18)(H,16,17). The molecule has 2 rings (SSSR count). The lowest BCUT2D eigenvalue weighted by Crippen LogP contribution is -2.37. The fraction of sp³-hybridized carbons (Fsp3) is 0.769. The predicted octanol–water partition coefficient (Wildman–Crippen LogP) is 1.34. The van der Waals surface area contributed by atoms with Crippen LogP contribution in [0, 0.1) is 5.92 Å². The van der Waals surface area contributed by atoms with Crippen molar-refractivity contribution in [1.82, 2.24) is 10.7 Å². The smallest absolute Gasteiger partial charge is 0.267 e. The van der Waals surface area contributed by atoms with Crippen molar-refractivity contribution in [3.05, 3.63) is 0 Å². The van der Waals surface area contributed by atoms with Gasteiger partial charge in [0, 0.05) is 19.4 Å². The molecule has 1 heterocycles. The van der Waals surface area contributed by atoms with Crippen molar-refractivity contribution in [2.24, 2.45) is 11.0 Å². The van der Waals surface area contributed by atoms with E-state index < -0.39 is 0 Å². The zero-order valence-corrected chi connectivity index (χ0v) is 10.7. The minimum Gasteiger partial charge on any atom is -0.351 e. The highest BCUT2D eigenvalue weighted by Gasteiger charge is 2.18. The second kappa shape index (κ2) is 6.52. The summed E-state index contributed by atoms with van der Waals surface area (Å²) < 4.78 is 0. The van der Waals surface area contributed by atoms with Crippen molar-refractivity contribution < 1.29 is 9.59 Å². The zero-order valence-electron chi connectivity index (χ0n) is 10.7. The highest BCUT2D eigenvalue weighted by molar-refractivity contribution is 6.39. The van der Waals surface area contributed by atoms with E-state index in [1.165, 1.54) is 32.1 Å². The highest BCUT2D eigenvalue weighted by Crippen LogP contribution is 2.28. The highest BCUT2D eigenvalue weighted by atomic mass is 16.2. The van der Waals surface area contributed by atoms with E-state index in [-0.39, 0.29) is 11.8 Å². The Balaban J connectivity index is 1.61. The summed E-state index contributed by atoms with van der Waals surface area (Å²) >= 11 is 0. The van der Waals surface area contributed by atoms with Gasteiger partial charge in [-0.3, -0.25) is 9.59 Å². The van der Waals surface area contributed by atoms with Crippen LogP contribution in [0.25, 0.3) is 0 Å². The Morgan fingerprint density at radius 1 is 1.33 bits per heavy atom. The van der Waals surface area contributed by atoms with Gasteiger partial charge in [-0.2, -0.15) is 5.10 Å². The van der Waals surface area contributed by atoms with Crippen LogP contribution < -0.4 is 10.7 Å². The minimum atomic E-state index is -0.138. The van der Waals surface area contributed by atoms with E-state index in [1.54, 1.807) is 0 Å². The van der Waals surface area contributed by atoms with Gasteiger partial charge in [0.1, 0.15) is 5.71 Å². The van der Waals surface area contributed by atoms with E-state index >= 15 is 0 Å². The van der Waals surface area contributed by atoms with E-state index in [0.717, 1.165) is 12.3 Å². The molecular weight excluding hydrogens is 230 g/mol. The number of amides is 2. The molecule has 2 amide bonds. The molecule has 1 aliphatic heterocycles. The van der Waals surface area contributed by atoms with Crippen LogP contribution >= 0.6 is 0 Å². The number of nitrogens with one attached hydrogen (secondary N) is 2. The lowest BCUT2D eigenvalue weighted by atomic mass is 10.0. The summed E-state index contributed by atoms with van der Waals surface area (Å²) in [6.07, 6.45) is 8.49. The number of hydrogen-bond acceptors (Lipinski definition) is 3. The molecule has 5 heteroatoms. The molecule has 0 spiro atoms. The van der Waals surface area contributed by atoms with Crippen LogP contribution in [0.4, 0.5) is 0 Å². The Morgan fingerprint density at radius 3 is 2.78 bits per heavy atom. The average Bonchev–Trinajstić information content (AvgIpc) is 2.88. The SMILES string of the molecule is O=C1CCC(C(=O)NCCCC2CCCC2)=NN1. The van der Waals surface area contributed by atoms with Crippen LogP contribution in [0.5, 0.6) is 0 Å². The first-order valence-corrected chi connectivity index (χ1v) is 6.89. The molecular formula is C13H21N3O2. The predicted molar refractivity (Wildman–Crippen MR) is 69.0 cm³/mol. The summed E-state index contributed by atoms with van der Waals surface area (Å²) in [6, 6.07) is 0. The summed E-state index contributed by atoms with van der Waals surface area (Å²) in [6.45, 7) is 0.711. The molecule has 0 aromatic carbocycles. The van der Waals surface area contributed by atoms with Gasteiger partial charge in [-0.15, -0.1) is 0 Å². The molecule has 2 N–H and O–H groups in total. The van der Waals surface area contributed by atoms with Crippen LogP contribution in [0.1, 0.15) is 51.4 Å². The number of hydrogen-bond donors (Lipinski definition) is 2. The Kier molecular flexibility index (Phi) is 4.73. The van der Waals surface area contributed by atoms with Crippen LogP contribution in [0.15, 0.2) is 5.10 Å². The lowest BCUT2D eigenvalue weighted by Gasteiger charge is -2.12. The van der Waals surface area contributed by atoms with Gasteiger partial charge < -0.3 is 5.32 Å². The average molecular weight is 251 g/mol. The Hall–Kier alpha value is -1.39. The fourth-order valence-electron chi connectivity index (χ4n) is 2.63. The van der Waals surface area contributed by atoms with Gasteiger partial charge in [-0.05, 0) is 18.8 Å². The van der Waals surface area contributed by atoms with Crippen molar-refractivity contribution in [3.63, 3.8) is 0 Å². The third kappa shape index (κ3) is 3.82. The minimum absolute atomic E-state index is 0.118. The number of hydrazone groups is 1. The van der Waals surface area contributed by atoms with Crippen molar-refractivity contribution in [3.8, 4) is 0 Å². The molecule has 1 aliphatic carbocycles. The first-order chi connectivity index (χ1) is 8.75. The third-order valence-electron chi connectivity index (χ3n) is 3.72. The Labute approximate surface area is 107 Å². The maximum atomic E-state index is 11.7. The van der Waals surface area contributed by atoms with E-state index in [2.05, 4.69) is 15.8 Å². The normalized spacial score (nSPS) is 20.4. The summed E-state index contributed by atoms with van der Waals surface area (Å²) in [5, 5.41) is 6.64. The van der Waals surface area contributed by atoms with E-state index in [9.17, 15) is 9.59 Å². The summed E-state index contributed by atoms with van der Waals surface area (Å²) in [5.74, 6) is 0.613. The summed E-state index contributed by atoms with van der Waals surface area (Å²) in [7, 11) is 0. The van der Waals surface area contributed by atoms with Crippen molar-refractivity contribution in [2.75, 3.05) is 6.54 Å². The Bertz CT molecular complexity index is 346. The second-order valence-electron chi connectivity index (χ2n) is 5.14. The molecule has 0 bridgehead atoms. The van der Waals surface area contributed by atoms with Gasteiger partial charge in [0.2, 0.25) is 5.91 Å². The number of carbonyl (C=O) groups is 2. The maximum Gasteiger partial charge on any atom is 0.267 e. The third-order valence-corrected chi connectivity index (χ3v) is 3.72. The van der Waals surface area contributed by atoms with Crippen LogP contribution in [0.3, 0.4) is 0 Å². The molecule has 100 valence electrons. The Morgan fingerprint density at radius 2 is 2.11 bits per heavy atom. The van der Waals surface area contributed by atoms with Gasteiger partial charge in [-0.1, -0.05) is 25.7 Å². The molecule has 1 fully saturated rings. The number of rotatable bonds is 5.